The van der Waals surface area contributed by atoms with Gasteiger partial charge < -0.3 is 9.30 Å². The van der Waals surface area contributed by atoms with Crippen molar-refractivity contribution in [3.8, 4) is 0 Å². The van der Waals surface area contributed by atoms with Gasteiger partial charge in [0, 0.05) is 16.6 Å². The number of carbonyl (C=O) groups excluding carboxylic acids is 2. The highest BCUT2D eigenvalue weighted by Gasteiger charge is 2.12. The molecule has 2 aromatic carbocycles. The van der Waals surface area contributed by atoms with Gasteiger partial charge in [-0.2, -0.15) is 16.8 Å². The topological polar surface area (TPSA) is 60.7 Å². The Labute approximate surface area is 185 Å². The van der Waals surface area contributed by atoms with Gasteiger partial charge in [0.2, 0.25) is 5.91 Å². The van der Waals surface area contributed by atoms with E-state index in [1.807, 2.05) is 48.2 Å². The highest BCUT2D eigenvalue weighted by molar-refractivity contribution is 9.10. The van der Waals surface area contributed by atoms with Gasteiger partial charge >= 0.3 is 5.97 Å². The lowest BCUT2D eigenvalue weighted by molar-refractivity contribution is -0.141. The van der Waals surface area contributed by atoms with Crippen molar-refractivity contribution in [2.24, 2.45) is 4.99 Å². The van der Waals surface area contributed by atoms with Crippen molar-refractivity contribution in [2.75, 3.05) is 12.9 Å². The standard InChI is InChI=1S/C21H21BrN2O3S2/c1-27-20(26)13-24-17-10-9-16(22)12-18(17)29-21(24)23-19(25)8-5-11-28-14-15-6-3-2-4-7-15/h2-4,6-7,9-10,12H,5,8,11,13-14H2,1H3. The number of nitrogens with zero attached hydrogens (tertiary/aromatic N) is 2. The van der Waals surface area contributed by atoms with Crippen LogP contribution in [0, 0.1) is 0 Å². The van der Waals surface area contributed by atoms with Crippen molar-refractivity contribution < 1.29 is 14.3 Å². The van der Waals surface area contributed by atoms with Crippen LogP contribution in [-0.2, 0) is 26.6 Å². The number of hydrogen-bond donors (Lipinski definition) is 0. The maximum absolute atomic E-state index is 12.4. The number of fused-ring (bicyclic) bond motifs is 1. The molecule has 0 spiro atoms. The van der Waals surface area contributed by atoms with Crippen molar-refractivity contribution in [3.05, 3.63) is 63.4 Å². The zero-order chi connectivity index (χ0) is 20.6. The van der Waals surface area contributed by atoms with Crippen LogP contribution in [-0.4, -0.2) is 29.3 Å². The number of ether oxygens (including phenoxy) is 1. The van der Waals surface area contributed by atoms with Crippen molar-refractivity contribution >= 4 is 61.1 Å². The van der Waals surface area contributed by atoms with E-state index in [1.54, 1.807) is 4.57 Å². The molecular weight excluding hydrogens is 472 g/mol. The molecule has 0 aliphatic carbocycles. The van der Waals surface area contributed by atoms with E-state index in [-0.39, 0.29) is 18.4 Å². The van der Waals surface area contributed by atoms with Gasteiger partial charge in [-0.25, -0.2) is 0 Å². The SMILES string of the molecule is COC(=O)Cn1c(=NC(=O)CCCSCc2ccccc2)sc2cc(Br)ccc21. The summed E-state index contributed by atoms with van der Waals surface area (Å²) in [4.78, 5) is 29.0. The Morgan fingerprint density at radius 1 is 1.21 bits per heavy atom. The zero-order valence-electron chi connectivity index (χ0n) is 16.0. The zero-order valence-corrected chi connectivity index (χ0v) is 19.2. The largest absolute Gasteiger partial charge is 0.468 e. The quantitative estimate of drug-likeness (QED) is 0.335. The molecule has 0 bridgehead atoms. The first-order valence-corrected chi connectivity index (χ1v) is 11.9. The molecule has 0 atom stereocenters. The first-order valence-electron chi connectivity index (χ1n) is 9.12. The van der Waals surface area contributed by atoms with Crippen LogP contribution in [0.3, 0.4) is 0 Å². The molecule has 29 heavy (non-hydrogen) atoms. The molecule has 1 amide bonds. The molecule has 0 saturated heterocycles. The van der Waals surface area contributed by atoms with E-state index in [4.69, 9.17) is 4.74 Å². The third kappa shape index (κ3) is 6.29. The minimum Gasteiger partial charge on any atom is -0.468 e. The highest BCUT2D eigenvalue weighted by atomic mass is 79.9. The van der Waals surface area contributed by atoms with E-state index in [2.05, 4.69) is 33.1 Å². The summed E-state index contributed by atoms with van der Waals surface area (Å²) in [6, 6.07) is 16.0. The fourth-order valence-corrected chi connectivity index (χ4v) is 5.25. The second kappa shape index (κ2) is 10.8. The lowest BCUT2D eigenvalue weighted by Gasteiger charge is -2.04. The summed E-state index contributed by atoms with van der Waals surface area (Å²) in [7, 11) is 1.35. The summed E-state index contributed by atoms with van der Waals surface area (Å²) >= 11 is 6.66. The third-order valence-corrected chi connectivity index (χ3v) is 6.82. The Morgan fingerprint density at radius 3 is 2.76 bits per heavy atom. The van der Waals surface area contributed by atoms with Gasteiger partial charge in [-0.15, -0.1) is 0 Å². The minimum atomic E-state index is -0.376. The molecule has 1 heterocycles. The Kier molecular flexibility index (Phi) is 8.09. The Bertz CT molecular complexity index is 1060. The number of benzene rings is 2. The molecule has 0 N–H and O–H groups in total. The lowest BCUT2D eigenvalue weighted by atomic mass is 10.2. The summed E-state index contributed by atoms with van der Waals surface area (Å²) in [6.45, 7) is 0.0250. The monoisotopic (exact) mass is 492 g/mol. The lowest BCUT2D eigenvalue weighted by Crippen LogP contribution is -2.22. The number of rotatable bonds is 8. The molecule has 0 unspecified atom stereocenters. The predicted molar refractivity (Wildman–Crippen MR) is 122 cm³/mol. The maximum Gasteiger partial charge on any atom is 0.325 e. The number of hydrogen-bond acceptors (Lipinski definition) is 5. The van der Waals surface area contributed by atoms with Crippen LogP contribution >= 0.6 is 39.0 Å². The van der Waals surface area contributed by atoms with Crippen LogP contribution in [0.5, 0.6) is 0 Å². The number of aromatic nitrogens is 1. The second-order valence-corrected chi connectivity index (χ2v) is 9.34. The number of thioether (sulfide) groups is 1. The molecular formula is C21H21BrN2O3S2. The van der Waals surface area contributed by atoms with Gasteiger partial charge in [-0.3, -0.25) is 9.59 Å². The van der Waals surface area contributed by atoms with Gasteiger partial charge in [0.15, 0.2) is 4.80 Å². The van der Waals surface area contributed by atoms with Crippen molar-refractivity contribution in [2.45, 2.75) is 25.1 Å². The van der Waals surface area contributed by atoms with Gasteiger partial charge in [0.25, 0.3) is 0 Å². The molecule has 0 fully saturated rings. The van der Waals surface area contributed by atoms with Gasteiger partial charge in [0.1, 0.15) is 6.54 Å². The normalized spacial score (nSPS) is 11.7. The summed E-state index contributed by atoms with van der Waals surface area (Å²) < 4.78 is 8.41. The first kappa shape index (κ1) is 21.8. The van der Waals surface area contributed by atoms with Crippen molar-refractivity contribution in [1.29, 1.82) is 0 Å². The summed E-state index contributed by atoms with van der Waals surface area (Å²) in [5.41, 5.74) is 2.14. The molecule has 152 valence electrons. The number of amides is 1. The van der Waals surface area contributed by atoms with Gasteiger partial charge in [-0.05, 0) is 35.9 Å². The molecule has 1 aromatic heterocycles. The average molecular weight is 493 g/mol. The average Bonchev–Trinajstić information content (AvgIpc) is 3.04. The molecule has 3 aromatic rings. The van der Waals surface area contributed by atoms with Crippen LogP contribution in [0.25, 0.3) is 10.2 Å². The highest BCUT2D eigenvalue weighted by Crippen LogP contribution is 2.22. The fraction of sp³-hybridized carbons (Fsp3) is 0.286. The number of methoxy groups -OCH3 is 1. The summed E-state index contributed by atoms with van der Waals surface area (Å²) in [5.74, 6) is 1.29. The van der Waals surface area contributed by atoms with Crippen molar-refractivity contribution in [3.63, 3.8) is 0 Å². The molecule has 0 radical (unpaired) electrons. The number of carbonyl (C=O) groups is 2. The maximum atomic E-state index is 12.4. The third-order valence-electron chi connectivity index (χ3n) is 4.17. The minimum absolute atomic E-state index is 0.0250. The summed E-state index contributed by atoms with van der Waals surface area (Å²) in [6.07, 6.45) is 1.16. The van der Waals surface area contributed by atoms with Gasteiger partial charge in [0.05, 0.1) is 17.3 Å². The first-order chi connectivity index (χ1) is 14.1. The molecule has 5 nitrogen and oxygen atoms in total. The van der Waals surface area contributed by atoms with Crippen LogP contribution in [0.15, 0.2) is 58.0 Å². The number of halogens is 1. The van der Waals surface area contributed by atoms with Crippen LogP contribution in [0.4, 0.5) is 0 Å². The van der Waals surface area contributed by atoms with E-state index >= 15 is 0 Å². The van der Waals surface area contributed by atoms with Crippen LogP contribution in [0.2, 0.25) is 0 Å². The molecule has 0 aliphatic rings. The fourth-order valence-electron chi connectivity index (χ4n) is 2.73. The molecule has 0 aliphatic heterocycles. The van der Waals surface area contributed by atoms with Crippen LogP contribution < -0.4 is 4.80 Å². The number of thiazole rings is 1. The second-order valence-electron chi connectivity index (χ2n) is 6.31. The predicted octanol–water partition coefficient (Wildman–Crippen LogP) is 4.78. The molecule has 8 heteroatoms. The van der Waals surface area contributed by atoms with Crippen LogP contribution in [0.1, 0.15) is 18.4 Å². The summed E-state index contributed by atoms with van der Waals surface area (Å²) in [5, 5.41) is 0. The van der Waals surface area contributed by atoms with E-state index < -0.39 is 0 Å². The van der Waals surface area contributed by atoms with Crippen molar-refractivity contribution in [1.82, 2.24) is 4.57 Å². The van der Waals surface area contributed by atoms with E-state index in [0.29, 0.717) is 11.2 Å². The number of esters is 1. The Hall–Kier alpha value is -1.90. The molecule has 3 rings (SSSR count). The van der Waals surface area contributed by atoms with Gasteiger partial charge in [-0.1, -0.05) is 57.6 Å². The van der Waals surface area contributed by atoms with E-state index in [1.165, 1.54) is 24.0 Å². The Morgan fingerprint density at radius 2 is 2.00 bits per heavy atom. The van der Waals surface area contributed by atoms with E-state index in [9.17, 15) is 9.59 Å². The van der Waals surface area contributed by atoms with E-state index in [0.717, 1.165) is 32.6 Å². The Balaban J connectivity index is 1.65. The molecule has 0 saturated carbocycles. The smallest absolute Gasteiger partial charge is 0.325 e.